The summed E-state index contributed by atoms with van der Waals surface area (Å²) in [7, 11) is 0. The molecule has 0 radical (unpaired) electrons. The number of aromatic nitrogens is 2. The fourth-order valence-electron chi connectivity index (χ4n) is 3.07. The van der Waals surface area contributed by atoms with Gasteiger partial charge in [0, 0.05) is 17.0 Å². The highest BCUT2D eigenvalue weighted by atomic mass is 35.5. The van der Waals surface area contributed by atoms with E-state index in [1.807, 2.05) is 0 Å². The van der Waals surface area contributed by atoms with Crippen LogP contribution in [0.4, 0.5) is 17.6 Å². The Morgan fingerprint density at radius 1 is 0.909 bits per heavy atom. The zero-order chi connectivity index (χ0) is 23.6. The number of hydrogen-bond donors (Lipinski definition) is 0. The number of benzene rings is 3. The first-order chi connectivity index (χ1) is 15.7. The average molecular weight is 513 g/mol. The number of imidazole rings is 1. The molecule has 170 valence electrons. The molecule has 33 heavy (non-hydrogen) atoms. The summed E-state index contributed by atoms with van der Waals surface area (Å²) in [6, 6.07) is 16.7. The number of alkyl halides is 3. The Bertz CT molecular complexity index is 1260. The predicted molar refractivity (Wildman–Crippen MR) is 122 cm³/mol. The van der Waals surface area contributed by atoms with Crippen molar-refractivity contribution < 1.29 is 22.3 Å². The van der Waals surface area contributed by atoms with Crippen LogP contribution in [0.1, 0.15) is 5.56 Å². The van der Waals surface area contributed by atoms with E-state index in [-0.39, 0.29) is 11.6 Å². The molecule has 0 amide bonds. The molecule has 10 heteroatoms. The minimum atomic E-state index is -4.78. The standard InChI is InChI=1S/C23H14Cl2F4N2OS/c24-19-10-3-15(11-20(19)25)21-12-30-22(33-13-14-1-4-16(26)5-2-14)31(21)17-6-8-18(9-7-17)32-23(27,28)29/h1-12H,13H2. The van der Waals surface area contributed by atoms with Crippen LogP contribution in [0.3, 0.4) is 0 Å². The number of thioether (sulfide) groups is 1. The molecule has 3 aromatic carbocycles. The maximum absolute atomic E-state index is 13.2. The quantitative estimate of drug-likeness (QED) is 0.192. The van der Waals surface area contributed by atoms with Gasteiger partial charge in [-0.3, -0.25) is 4.57 Å². The van der Waals surface area contributed by atoms with Gasteiger partial charge in [0.15, 0.2) is 5.16 Å². The van der Waals surface area contributed by atoms with Gasteiger partial charge in [-0.25, -0.2) is 9.37 Å². The van der Waals surface area contributed by atoms with Crippen LogP contribution < -0.4 is 4.74 Å². The molecule has 0 saturated carbocycles. The average Bonchev–Trinajstić information content (AvgIpc) is 3.19. The number of ether oxygens (including phenoxy) is 1. The van der Waals surface area contributed by atoms with Crippen LogP contribution >= 0.6 is 35.0 Å². The summed E-state index contributed by atoms with van der Waals surface area (Å²) in [6.07, 6.45) is -3.13. The van der Waals surface area contributed by atoms with Gasteiger partial charge in [-0.1, -0.05) is 53.2 Å². The molecule has 0 bridgehead atoms. The highest BCUT2D eigenvalue weighted by molar-refractivity contribution is 7.98. The third-order valence-corrected chi connectivity index (χ3v) is 6.32. The summed E-state index contributed by atoms with van der Waals surface area (Å²) in [5.74, 6) is -0.149. The smallest absolute Gasteiger partial charge is 0.406 e. The lowest BCUT2D eigenvalue weighted by molar-refractivity contribution is -0.274. The van der Waals surface area contributed by atoms with Crippen molar-refractivity contribution in [1.29, 1.82) is 0 Å². The second-order valence-corrected chi connectivity index (χ2v) is 8.60. The molecule has 3 nitrogen and oxygen atoms in total. The maximum Gasteiger partial charge on any atom is 0.573 e. The first-order valence-corrected chi connectivity index (χ1v) is 11.2. The van der Waals surface area contributed by atoms with Crippen LogP contribution in [-0.4, -0.2) is 15.9 Å². The molecule has 4 rings (SSSR count). The highest BCUT2D eigenvalue weighted by Gasteiger charge is 2.31. The Hall–Kier alpha value is -2.68. The molecule has 1 aromatic heterocycles. The van der Waals surface area contributed by atoms with Crippen molar-refractivity contribution in [2.45, 2.75) is 17.3 Å². The van der Waals surface area contributed by atoms with Crippen molar-refractivity contribution in [1.82, 2.24) is 9.55 Å². The molecule has 0 fully saturated rings. The summed E-state index contributed by atoms with van der Waals surface area (Å²) in [4.78, 5) is 4.50. The van der Waals surface area contributed by atoms with Crippen LogP contribution in [0.15, 0.2) is 78.1 Å². The first kappa shape index (κ1) is 23.5. The van der Waals surface area contributed by atoms with Crippen LogP contribution in [0.2, 0.25) is 10.0 Å². The normalized spacial score (nSPS) is 11.6. The lowest BCUT2D eigenvalue weighted by atomic mass is 10.1. The van der Waals surface area contributed by atoms with Crippen molar-refractivity contribution in [3.8, 4) is 22.7 Å². The van der Waals surface area contributed by atoms with Gasteiger partial charge >= 0.3 is 6.36 Å². The fourth-order valence-corrected chi connectivity index (χ4v) is 4.32. The Balaban J connectivity index is 1.71. The molecule has 0 unspecified atom stereocenters. The van der Waals surface area contributed by atoms with Gasteiger partial charge in [-0.2, -0.15) is 0 Å². The minimum Gasteiger partial charge on any atom is -0.406 e. The van der Waals surface area contributed by atoms with E-state index in [0.717, 1.165) is 11.1 Å². The van der Waals surface area contributed by atoms with Gasteiger partial charge in [0.25, 0.3) is 0 Å². The second kappa shape index (κ2) is 9.67. The lowest BCUT2D eigenvalue weighted by Gasteiger charge is -2.14. The minimum absolute atomic E-state index is 0.326. The molecule has 0 aliphatic carbocycles. The second-order valence-electron chi connectivity index (χ2n) is 6.85. The molecule has 0 atom stereocenters. The van der Waals surface area contributed by atoms with Gasteiger partial charge in [-0.05, 0) is 54.1 Å². The lowest BCUT2D eigenvalue weighted by Crippen LogP contribution is -2.17. The van der Waals surface area contributed by atoms with E-state index in [0.29, 0.717) is 32.3 Å². The van der Waals surface area contributed by atoms with Crippen molar-refractivity contribution in [2.75, 3.05) is 0 Å². The fraction of sp³-hybridized carbons (Fsp3) is 0.0870. The molecular formula is C23H14Cl2F4N2OS. The van der Waals surface area contributed by atoms with E-state index in [9.17, 15) is 17.6 Å². The Morgan fingerprint density at radius 2 is 1.61 bits per heavy atom. The largest absolute Gasteiger partial charge is 0.573 e. The summed E-state index contributed by atoms with van der Waals surface area (Å²) in [6.45, 7) is 0. The third-order valence-electron chi connectivity index (χ3n) is 4.55. The summed E-state index contributed by atoms with van der Waals surface area (Å²) >= 11 is 13.6. The van der Waals surface area contributed by atoms with Gasteiger partial charge in [-0.15, -0.1) is 13.2 Å². The van der Waals surface area contributed by atoms with Crippen molar-refractivity contribution in [3.05, 3.63) is 94.4 Å². The SMILES string of the molecule is Fc1ccc(CSc2ncc(-c3ccc(Cl)c(Cl)c3)n2-c2ccc(OC(F)(F)F)cc2)cc1. The van der Waals surface area contributed by atoms with Crippen LogP contribution in [0, 0.1) is 5.82 Å². The maximum atomic E-state index is 13.2. The molecule has 0 aliphatic heterocycles. The monoisotopic (exact) mass is 512 g/mol. The molecule has 0 N–H and O–H groups in total. The number of rotatable bonds is 6. The van der Waals surface area contributed by atoms with E-state index in [2.05, 4.69) is 9.72 Å². The topological polar surface area (TPSA) is 27.1 Å². The number of nitrogens with zero attached hydrogens (tertiary/aromatic N) is 2. The summed E-state index contributed by atoms with van der Waals surface area (Å²) in [5.41, 5.74) is 2.85. The van der Waals surface area contributed by atoms with E-state index >= 15 is 0 Å². The van der Waals surface area contributed by atoms with Crippen LogP contribution in [0.25, 0.3) is 16.9 Å². The van der Waals surface area contributed by atoms with E-state index < -0.39 is 6.36 Å². The molecule has 4 aromatic rings. The molecule has 0 aliphatic rings. The Labute approximate surface area is 200 Å². The van der Waals surface area contributed by atoms with E-state index in [4.69, 9.17) is 23.2 Å². The zero-order valence-corrected chi connectivity index (χ0v) is 18.9. The predicted octanol–water partition coefficient (Wildman–Crippen LogP) is 8.18. The Morgan fingerprint density at radius 3 is 2.24 bits per heavy atom. The van der Waals surface area contributed by atoms with Gasteiger partial charge in [0.1, 0.15) is 11.6 Å². The van der Waals surface area contributed by atoms with E-state index in [1.165, 1.54) is 48.2 Å². The van der Waals surface area contributed by atoms with E-state index in [1.54, 1.807) is 41.1 Å². The molecule has 0 saturated heterocycles. The summed E-state index contributed by atoms with van der Waals surface area (Å²) in [5, 5.41) is 1.34. The van der Waals surface area contributed by atoms with Gasteiger partial charge < -0.3 is 4.74 Å². The molecular weight excluding hydrogens is 499 g/mol. The van der Waals surface area contributed by atoms with Crippen molar-refractivity contribution in [2.24, 2.45) is 0 Å². The van der Waals surface area contributed by atoms with Gasteiger partial charge in [0.05, 0.1) is 21.9 Å². The van der Waals surface area contributed by atoms with Crippen molar-refractivity contribution >= 4 is 35.0 Å². The summed E-state index contributed by atoms with van der Waals surface area (Å²) < 4.78 is 56.6. The molecule has 1 heterocycles. The highest BCUT2D eigenvalue weighted by Crippen LogP contribution is 2.35. The third kappa shape index (κ3) is 5.82. The van der Waals surface area contributed by atoms with Crippen LogP contribution in [0.5, 0.6) is 5.75 Å². The van der Waals surface area contributed by atoms with Crippen LogP contribution in [-0.2, 0) is 5.75 Å². The van der Waals surface area contributed by atoms with Crippen molar-refractivity contribution in [3.63, 3.8) is 0 Å². The number of halogens is 6. The zero-order valence-electron chi connectivity index (χ0n) is 16.6. The van der Waals surface area contributed by atoms with Gasteiger partial charge in [0.2, 0.25) is 0 Å². The molecule has 0 spiro atoms. The first-order valence-electron chi connectivity index (χ1n) is 9.46. The number of hydrogen-bond acceptors (Lipinski definition) is 3. The Kier molecular flexibility index (Phi) is 6.88.